The van der Waals surface area contributed by atoms with Crippen LogP contribution in [-0.4, -0.2) is 25.6 Å². The molecule has 0 heterocycles. The molecule has 3 rings (SSSR count). The molecule has 1 aliphatic rings. The molecule has 0 N–H and O–H groups in total. The Hall–Kier alpha value is -1.60. The Kier molecular flexibility index (Phi) is 3.62. The van der Waals surface area contributed by atoms with Crippen LogP contribution in [0.4, 0.5) is 0 Å². The van der Waals surface area contributed by atoms with E-state index in [4.69, 9.17) is 0 Å². The van der Waals surface area contributed by atoms with Gasteiger partial charge in [0.15, 0.2) is 0 Å². The Morgan fingerprint density at radius 3 is 2.38 bits per heavy atom. The summed E-state index contributed by atoms with van der Waals surface area (Å²) in [6.07, 6.45) is 3.73. The monoisotopic (exact) mass is 280 g/mol. The summed E-state index contributed by atoms with van der Waals surface area (Å²) in [4.78, 5) is 0. The number of hydrogen-bond donors (Lipinski definition) is 0. The number of benzene rings is 2. The molecule has 0 radical (unpaired) electrons. The third kappa shape index (κ3) is 2.63. The molecule has 0 amide bonds. The third-order valence-corrected chi connectivity index (χ3v) is 4.86. The van der Waals surface area contributed by atoms with Crippen LogP contribution >= 0.6 is 0 Å². The maximum absolute atomic E-state index is 2.33. The normalized spacial score (nSPS) is 18.4. The van der Waals surface area contributed by atoms with Gasteiger partial charge in [-0.05, 0) is 42.0 Å². The first kappa shape index (κ1) is 14.3. The second kappa shape index (κ2) is 5.31. The van der Waals surface area contributed by atoms with Gasteiger partial charge in [-0.3, -0.25) is 0 Å². The summed E-state index contributed by atoms with van der Waals surface area (Å²) in [5.41, 5.74) is 7.38. The minimum Gasteiger partial charge on any atom is -0.325 e. The van der Waals surface area contributed by atoms with Crippen LogP contribution in [0.3, 0.4) is 0 Å². The lowest BCUT2D eigenvalue weighted by Gasteiger charge is -2.37. The van der Waals surface area contributed by atoms with Crippen LogP contribution in [0.15, 0.2) is 42.5 Å². The smallest absolute Gasteiger partial charge is 0.115 e. The third-order valence-electron chi connectivity index (χ3n) is 4.86. The number of aryl methyl sites for hydroxylation is 1. The Balaban J connectivity index is 2.25. The molecule has 0 spiro atoms. The zero-order valence-electron chi connectivity index (χ0n) is 13.7. The van der Waals surface area contributed by atoms with E-state index in [2.05, 4.69) is 70.5 Å². The maximum Gasteiger partial charge on any atom is 0.115 e. The van der Waals surface area contributed by atoms with Crippen molar-refractivity contribution >= 4 is 0 Å². The Morgan fingerprint density at radius 2 is 1.62 bits per heavy atom. The Labute approximate surface area is 128 Å². The molecule has 1 atom stereocenters. The van der Waals surface area contributed by atoms with Gasteiger partial charge < -0.3 is 4.48 Å². The van der Waals surface area contributed by atoms with Gasteiger partial charge in [-0.2, -0.15) is 0 Å². The van der Waals surface area contributed by atoms with Gasteiger partial charge in [-0.1, -0.05) is 42.5 Å². The fraction of sp³-hybridized carbons (Fsp3) is 0.400. The van der Waals surface area contributed by atoms with Gasteiger partial charge in [0.25, 0.3) is 0 Å². The van der Waals surface area contributed by atoms with Crippen molar-refractivity contribution in [2.75, 3.05) is 21.1 Å². The molecule has 0 aliphatic heterocycles. The van der Waals surface area contributed by atoms with Crippen molar-refractivity contribution in [3.8, 4) is 11.1 Å². The van der Waals surface area contributed by atoms with E-state index in [-0.39, 0.29) is 0 Å². The zero-order valence-corrected chi connectivity index (χ0v) is 13.7. The van der Waals surface area contributed by atoms with Crippen molar-refractivity contribution in [1.82, 2.24) is 0 Å². The molecule has 1 aliphatic carbocycles. The summed E-state index contributed by atoms with van der Waals surface area (Å²) in [5.74, 6) is 0. The lowest BCUT2D eigenvalue weighted by molar-refractivity contribution is -0.902. The Bertz CT molecular complexity index is 649. The molecular weight excluding hydrogens is 254 g/mol. The first-order valence-electron chi connectivity index (χ1n) is 7.97. The molecule has 0 bridgehead atoms. The van der Waals surface area contributed by atoms with E-state index in [0.717, 1.165) is 4.48 Å². The number of nitrogens with zero attached hydrogens (tertiary/aromatic N) is 1. The average molecular weight is 280 g/mol. The van der Waals surface area contributed by atoms with E-state index in [1.807, 2.05) is 0 Å². The molecule has 1 unspecified atom stereocenters. The highest BCUT2D eigenvalue weighted by atomic mass is 15.3. The molecule has 0 aromatic heterocycles. The summed E-state index contributed by atoms with van der Waals surface area (Å²) < 4.78 is 0.998. The predicted molar refractivity (Wildman–Crippen MR) is 90.3 cm³/mol. The van der Waals surface area contributed by atoms with E-state index < -0.39 is 0 Å². The van der Waals surface area contributed by atoms with Crippen LogP contribution in [0.5, 0.6) is 0 Å². The van der Waals surface area contributed by atoms with Gasteiger partial charge in [0.1, 0.15) is 6.04 Å². The minimum atomic E-state index is 0.579. The molecule has 21 heavy (non-hydrogen) atoms. The molecule has 1 nitrogen and oxygen atoms in total. The topological polar surface area (TPSA) is 0 Å². The van der Waals surface area contributed by atoms with Gasteiger partial charge in [0.2, 0.25) is 0 Å². The molecule has 110 valence electrons. The van der Waals surface area contributed by atoms with E-state index in [0.29, 0.717) is 6.04 Å². The van der Waals surface area contributed by atoms with Crippen LogP contribution in [0.25, 0.3) is 11.1 Å². The van der Waals surface area contributed by atoms with Crippen molar-refractivity contribution in [1.29, 1.82) is 0 Å². The number of fused-ring (bicyclic) bond motifs is 3. The molecule has 1 heteroatoms. The number of quaternary nitrogens is 1. The average Bonchev–Trinajstić information content (AvgIpc) is 2.41. The molecule has 2 aromatic carbocycles. The van der Waals surface area contributed by atoms with Crippen molar-refractivity contribution in [2.45, 2.75) is 32.2 Å². The standard InChI is InChI=1S/C20H26N/c1-15-9-7-13-17-16(15)12-8-14-20(21(2,3)4)19-11-6-5-10-18(17)19/h5-7,9-11,13,20H,8,12,14H2,1-4H3/q+1. The lowest BCUT2D eigenvalue weighted by atomic mass is 9.83. The highest BCUT2D eigenvalue weighted by Crippen LogP contribution is 2.40. The van der Waals surface area contributed by atoms with Crippen LogP contribution in [0.2, 0.25) is 0 Å². The van der Waals surface area contributed by atoms with Crippen LogP contribution < -0.4 is 0 Å². The van der Waals surface area contributed by atoms with E-state index in [9.17, 15) is 0 Å². The van der Waals surface area contributed by atoms with Gasteiger partial charge >= 0.3 is 0 Å². The highest BCUT2D eigenvalue weighted by molar-refractivity contribution is 5.72. The number of rotatable bonds is 1. The summed E-state index contributed by atoms with van der Waals surface area (Å²) in [6.45, 7) is 2.25. The fourth-order valence-corrected chi connectivity index (χ4v) is 3.75. The number of hydrogen-bond acceptors (Lipinski definition) is 0. The van der Waals surface area contributed by atoms with Crippen molar-refractivity contribution in [3.63, 3.8) is 0 Å². The van der Waals surface area contributed by atoms with Crippen molar-refractivity contribution in [2.24, 2.45) is 0 Å². The second-order valence-corrected chi connectivity index (χ2v) is 7.21. The van der Waals surface area contributed by atoms with Crippen LogP contribution in [-0.2, 0) is 6.42 Å². The van der Waals surface area contributed by atoms with Crippen LogP contribution in [0, 0.1) is 6.92 Å². The van der Waals surface area contributed by atoms with Gasteiger partial charge in [-0.25, -0.2) is 0 Å². The van der Waals surface area contributed by atoms with Gasteiger partial charge in [0.05, 0.1) is 21.1 Å². The molecule has 0 saturated heterocycles. The largest absolute Gasteiger partial charge is 0.325 e. The zero-order chi connectivity index (χ0) is 15.0. The van der Waals surface area contributed by atoms with Crippen LogP contribution in [0.1, 0.15) is 35.6 Å². The van der Waals surface area contributed by atoms with E-state index >= 15 is 0 Å². The second-order valence-electron chi connectivity index (χ2n) is 7.21. The summed E-state index contributed by atoms with van der Waals surface area (Å²) in [7, 11) is 6.96. The van der Waals surface area contributed by atoms with Gasteiger partial charge in [-0.15, -0.1) is 0 Å². The highest BCUT2D eigenvalue weighted by Gasteiger charge is 2.29. The van der Waals surface area contributed by atoms with E-state index in [1.54, 1.807) is 5.56 Å². The Morgan fingerprint density at radius 1 is 0.905 bits per heavy atom. The van der Waals surface area contributed by atoms with E-state index in [1.165, 1.54) is 41.5 Å². The first-order valence-corrected chi connectivity index (χ1v) is 7.97. The fourth-order valence-electron chi connectivity index (χ4n) is 3.75. The predicted octanol–water partition coefficient (Wildman–Crippen LogP) is 4.75. The minimum absolute atomic E-state index is 0.579. The summed E-state index contributed by atoms with van der Waals surface area (Å²) in [6, 6.07) is 16.3. The summed E-state index contributed by atoms with van der Waals surface area (Å²) >= 11 is 0. The quantitative estimate of drug-likeness (QED) is 0.662. The molecular formula is C20H26N+. The first-order chi connectivity index (χ1) is 9.98. The SMILES string of the molecule is Cc1cccc2c1CCCC([N+](C)(C)C)c1ccccc1-2. The molecule has 2 aromatic rings. The molecule has 0 saturated carbocycles. The molecule has 0 fully saturated rings. The van der Waals surface area contributed by atoms with Crippen molar-refractivity contribution < 1.29 is 4.48 Å². The lowest BCUT2D eigenvalue weighted by Crippen LogP contribution is -2.39. The summed E-state index contributed by atoms with van der Waals surface area (Å²) in [5, 5.41) is 0. The van der Waals surface area contributed by atoms with Gasteiger partial charge in [0, 0.05) is 12.0 Å². The maximum atomic E-state index is 2.33. The van der Waals surface area contributed by atoms with Crippen molar-refractivity contribution in [3.05, 3.63) is 59.2 Å².